The second kappa shape index (κ2) is 9.00. The minimum absolute atomic E-state index is 0.0550. The number of carbonyl (C=O) groups is 2. The molecule has 0 bridgehead atoms. The highest BCUT2D eigenvalue weighted by Crippen LogP contribution is 2.31. The van der Waals surface area contributed by atoms with Crippen LogP contribution in [0.2, 0.25) is 0 Å². The number of carboxylic acid groups (broad SMARTS) is 1. The summed E-state index contributed by atoms with van der Waals surface area (Å²) in [6, 6.07) is 23.1. The number of carbonyl (C=O) groups excluding carboxylic acids is 1. The maximum Gasteiger partial charge on any atom is 0.326 e. The van der Waals surface area contributed by atoms with Crippen molar-refractivity contribution in [2.24, 2.45) is 0 Å². The molecule has 0 radical (unpaired) electrons. The first-order valence-corrected chi connectivity index (χ1v) is 11.6. The van der Waals surface area contributed by atoms with E-state index in [0.29, 0.717) is 5.01 Å². The minimum Gasteiger partial charge on any atom is -0.480 e. The predicted molar refractivity (Wildman–Crippen MR) is 131 cm³/mol. The molecule has 1 aliphatic carbocycles. The Bertz CT molecular complexity index is 1370. The van der Waals surface area contributed by atoms with Gasteiger partial charge in [-0.25, -0.2) is 9.78 Å². The first-order valence-electron chi connectivity index (χ1n) is 10.8. The second-order valence-electron chi connectivity index (χ2n) is 8.09. The van der Waals surface area contributed by atoms with Gasteiger partial charge in [-0.2, -0.15) is 0 Å². The Hall–Kier alpha value is -3.77. The first-order chi connectivity index (χ1) is 16.1. The fourth-order valence-electron chi connectivity index (χ4n) is 4.21. The van der Waals surface area contributed by atoms with Crippen molar-refractivity contribution in [1.82, 2.24) is 10.3 Å². The van der Waals surface area contributed by atoms with Crippen LogP contribution in [-0.4, -0.2) is 28.0 Å². The van der Waals surface area contributed by atoms with Crippen LogP contribution in [0.3, 0.4) is 0 Å². The summed E-state index contributed by atoms with van der Waals surface area (Å²) in [5, 5.41) is 13.1. The third-order valence-electron chi connectivity index (χ3n) is 5.84. The summed E-state index contributed by atoms with van der Waals surface area (Å²) < 4.78 is 1.000. The number of fused-ring (bicyclic) bond motifs is 2. The molecule has 1 atom stereocenters. The molecule has 1 aliphatic rings. The summed E-state index contributed by atoms with van der Waals surface area (Å²) in [4.78, 5) is 29.2. The standard InChI is InChI=1S/C27H22N2O3S/c30-25(28-23(27(31)32)15-20-11-10-18-8-4-5-9-21(18)20)16-26-29-22-14-19(12-13-24(22)33-26)17-6-2-1-3-7-17/h1-9,11-14,23H,10,15-16H2,(H,28,30)(H,31,32)/t23-/m0/s1. The number of allylic oxidation sites excluding steroid dienone is 1. The summed E-state index contributed by atoms with van der Waals surface area (Å²) >= 11 is 1.46. The first kappa shape index (κ1) is 21.1. The van der Waals surface area contributed by atoms with Crippen molar-refractivity contribution < 1.29 is 14.7 Å². The molecule has 33 heavy (non-hydrogen) atoms. The smallest absolute Gasteiger partial charge is 0.326 e. The zero-order valence-electron chi connectivity index (χ0n) is 17.8. The summed E-state index contributed by atoms with van der Waals surface area (Å²) in [5.74, 6) is -1.37. The van der Waals surface area contributed by atoms with Gasteiger partial charge < -0.3 is 10.4 Å². The predicted octanol–water partition coefficient (Wildman–Crippen LogP) is 5.11. The van der Waals surface area contributed by atoms with Gasteiger partial charge in [-0.05, 0) is 46.4 Å². The van der Waals surface area contributed by atoms with E-state index in [1.807, 2.05) is 78.9 Å². The second-order valence-corrected chi connectivity index (χ2v) is 9.20. The van der Waals surface area contributed by atoms with Gasteiger partial charge in [0.15, 0.2) is 0 Å². The SMILES string of the molecule is O=C(Cc1nc2cc(-c3ccccc3)ccc2s1)N[C@@H](CC1=CCc2ccccc21)C(=O)O. The zero-order chi connectivity index (χ0) is 22.8. The molecule has 5 nitrogen and oxygen atoms in total. The van der Waals surface area contributed by atoms with E-state index in [9.17, 15) is 14.7 Å². The lowest BCUT2D eigenvalue weighted by Crippen LogP contribution is -2.41. The van der Waals surface area contributed by atoms with Crippen molar-refractivity contribution in [2.75, 3.05) is 0 Å². The largest absolute Gasteiger partial charge is 0.480 e. The van der Waals surface area contributed by atoms with E-state index >= 15 is 0 Å². The van der Waals surface area contributed by atoms with Crippen LogP contribution in [0.1, 0.15) is 22.6 Å². The maximum absolute atomic E-state index is 12.7. The van der Waals surface area contributed by atoms with E-state index in [-0.39, 0.29) is 18.7 Å². The van der Waals surface area contributed by atoms with Crippen LogP contribution < -0.4 is 5.32 Å². The number of hydrogen-bond donors (Lipinski definition) is 2. The van der Waals surface area contributed by atoms with E-state index < -0.39 is 12.0 Å². The van der Waals surface area contributed by atoms with Crippen LogP contribution in [-0.2, 0) is 22.4 Å². The summed E-state index contributed by atoms with van der Waals surface area (Å²) in [6.07, 6.45) is 3.16. The van der Waals surface area contributed by atoms with Gasteiger partial charge in [-0.3, -0.25) is 4.79 Å². The molecule has 0 spiro atoms. The molecule has 0 saturated heterocycles. The van der Waals surface area contributed by atoms with E-state index in [1.165, 1.54) is 16.9 Å². The lowest BCUT2D eigenvalue weighted by molar-refractivity contribution is -0.141. The van der Waals surface area contributed by atoms with E-state index in [0.717, 1.165) is 38.9 Å². The molecule has 4 aromatic rings. The van der Waals surface area contributed by atoms with Gasteiger partial charge in [-0.15, -0.1) is 11.3 Å². The number of benzene rings is 3. The third kappa shape index (κ3) is 4.56. The molecule has 164 valence electrons. The van der Waals surface area contributed by atoms with Crippen molar-refractivity contribution in [3.05, 3.63) is 95.0 Å². The molecule has 1 aromatic heterocycles. The lowest BCUT2D eigenvalue weighted by atomic mass is 9.99. The highest BCUT2D eigenvalue weighted by atomic mass is 32.1. The molecule has 3 aromatic carbocycles. The number of aromatic nitrogens is 1. The molecule has 0 aliphatic heterocycles. The van der Waals surface area contributed by atoms with Crippen LogP contribution in [0.5, 0.6) is 0 Å². The lowest BCUT2D eigenvalue weighted by Gasteiger charge is -2.15. The molecule has 2 N–H and O–H groups in total. The van der Waals surface area contributed by atoms with Gasteiger partial charge in [0.05, 0.1) is 16.6 Å². The Kier molecular flexibility index (Phi) is 5.75. The Morgan fingerprint density at radius 2 is 1.79 bits per heavy atom. The third-order valence-corrected chi connectivity index (χ3v) is 6.88. The van der Waals surface area contributed by atoms with Crippen LogP contribution >= 0.6 is 11.3 Å². The maximum atomic E-state index is 12.7. The van der Waals surface area contributed by atoms with Gasteiger partial charge >= 0.3 is 5.97 Å². The molecule has 5 rings (SSSR count). The number of rotatable bonds is 7. The Morgan fingerprint density at radius 1 is 1.00 bits per heavy atom. The summed E-state index contributed by atoms with van der Waals surface area (Å²) in [6.45, 7) is 0. The minimum atomic E-state index is -1.04. The highest BCUT2D eigenvalue weighted by molar-refractivity contribution is 7.18. The number of nitrogens with one attached hydrogen (secondary N) is 1. The molecule has 1 amide bonds. The molecule has 1 heterocycles. The number of nitrogens with zero attached hydrogens (tertiary/aromatic N) is 1. The van der Waals surface area contributed by atoms with Gasteiger partial charge in [0.2, 0.25) is 5.91 Å². The van der Waals surface area contributed by atoms with Gasteiger partial charge in [0.25, 0.3) is 0 Å². The van der Waals surface area contributed by atoms with Crippen molar-refractivity contribution in [2.45, 2.75) is 25.3 Å². The molecule has 6 heteroatoms. The van der Waals surface area contributed by atoms with Crippen molar-refractivity contribution in [1.29, 1.82) is 0 Å². The average molecular weight is 455 g/mol. The summed E-state index contributed by atoms with van der Waals surface area (Å²) in [7, 11) is 0. The Labute approximate surface area is 195 Å². The summed E-state index contributed by atoms with van der Waals surface area (Å²) in [5.41, 5.74) is 6.24. The van der Waals surface area contributed by atoms with Gasteiger partial charge in [0.1, 0.15) is 11.0 Å². The molecule has 0 saturated carbocycles. The van der Waals surface area contributed by atoms with Crippen molar-refractivity contribution in [3.63, 3.8) is 0 Å². The quantitative estimate of drug-likeness (QED) is 0.407. The number of aliphatic carboxylic acids is 1. The van der Waals surface area contributed by atoms with Crippen molar-refractivity contribution >= 4 is 39.0 Å². The number of hydrogen-bond acceptors (Lipinski definition) is 4. The highest BCUT2D eigenvalue weighted by Gasteiger charge is 2.25. The molecular formula is C27H22N2O3S. The molecule has 0 unspecified atom stereocenters. The fraction of sp³-hybridized carbons (Fsp3) is 0.148. The Morgan fingerprint density at radius 3 is 2.61 bits per heavy atom. The van der Waals surface area contributed by atoms with Gasteiger partial charge in [0, 0.05) is 6.42 Å². The van der Waals surface area contributed by atoms with Crippen LogP contribution in [0.15, 0.2) is 78.9 Å². The number of carboxylic acids is 1. The average Bonchev–Trinajstić information content (AvgIpc) is 3.42. The monoisotopic (exact) mass is 454 g/mol. The van der Waals surface area contributed by atoms with E-state index in [1.54, 1.807) is 0 Å². The van der Waals surface area contributed by atoms with Crippen LogP contribution in [0.4, 0.5) is 0 Å². The Balaban J connectivity index is 1.28. The van der Waals surface area contributed by atoms with Crippen LogP contribution in [0, 0.1) is 0 Å². The number of amides is 1. The number of thiazole rings is 1. The topological polar surface area (TPSA) is 79.3 Å². The fourth-order valence-corrected chi connectivity index (χ4v) is 5.16. The van der Waals surface area contributed by atoms with E-state index in [4.69, 9.17) is 0 Å². The van der Waals surface area contributed by atoms with Crippen LogP contribution in [0.25, 0.3) is 26.9 Å². The molecular weight excluding hydrogens is 432 g/mol. The van der Waals surface area contributed by atoms with E-state index in [2.05, 4.69) is 10.3 Å². The van der Waals surface area contributed by atoms with Gasteiger partial charge in [-0.1, -0.05) is 66.7 Å². The normalized spacial score (nSPS) is 13.4. The van der Waals surface area contributed by atoms with Crippen molar-refractivity contribution in [3.8, 4) is 11.1 Å². The molecule has 0 fully saturated rings. The zero-order valence-corrected chi connectivity index (χ0v) is 18.6.